The molecule has 22 aromatic rings. The maximum absolute atomic E-state index is 9.16. The van der Waals surface area contributed by atoms with Gasteiger partial charge in [0.1, 0.15) is 0 Å². The molecular weight excluding hydrogens is 1660 g/mol. The van der Waals surface area contributed by atoms with Crippen LogP contribution in [-0.2, 0) is 24.7 Å². The molecule has 0 saturated heterocycles. The van der Waals surface area contributed by atoms with Gasteiger partial charge in [0.25, 0.3) is 0 Å². The zero-order valence-electron chi connectivity index (χ0n) is 68.9. The van der Waals surface area contributed by atoms with Crippen LogP contribution in [0.2, 0.25) is 0 Å². The van der Waals surface area contributed by atoms with Crippen LogP contribution < -0.4 is 5.46 Å². The first-order valence-corrected chi connectivity index (χ1v) is 44.7. The number of nitrogens with zero attached hydrogens (tertiary/aromatic N) is 3. The molecule has 26 rings (SSSR count). The fourth-order valence-corrected chi connectivity index (χ4v) is 20.9. The van der Waals surface area contributed by atoms with Gasteiger partial charge >= 0.3 is 7.12 Å². The van der Waals surface area contributed by atoms with Crippen LogP contribution in [0.15, 0.2) is 458 Å². The molecule has 19 aromatic carbocycles. The minimum absolute atomic E-state index is 0.293. The molecule has 8 heteroatoms. The van der Waals surface area contributed by atoms with E-state index in [0.717, 1.165) is 33.8 Å². The van der Waals surface area contributed by atoms with Gasteiger partial charge in [-0.15, -0.1) is 0 Å². The zero-order valence-corrected chi connectivity index (χ0v) is 72.1. The summed E-state index contributed by atoms with van der Waals surface area (Å²) in [4.78, 5) is 0. The molecule has 0 fully saturated rings. The Labute approximate surface area is 749 Å². The highest BCUT2D eigenvalue weighted by Crippen LogP contribution is 2.57. The Morgan fingerprint density at radius 3 is 0.952 bits per heavy atom. The normalized spacial score (nSPS) is 12.4. The molecule has 4 aliphatic carbocycles. The van der Waals surface area contributed by atoms with Crippen molar-refractivity contribution < 1.29 is 10.0 Å². The molecule has 0 atom stereocenters. The average molecular weight is 1740 g/mol. The molecule has 0 aliphatic heterocycles. The van der Waals surface area contributed by atoms with Crippen molar-refractivity contribution in [2.24, 2.45) is 0 Å². The van der Waals surface area contributed by atoms with E-state index in [-0.39, 0.29) is 5.41 Å². The van der Waals surface area contributed by atoms with E-state index in [1.165, 1.54) is 199 Å². The van der Waals surface area contributed by atoms with E-state index in [0.29, 0.717) is 5.46 Å². The van der Waals surface area contributed by atoms with E-state index in [1.54, 1.807) is 6.07 Å². The van der Waals surface area contributed by atoms with Gasteiger partial charge < -0.3 is 23.7 Å². The van der Waals surface area contributed by atoms with Crippen LogP contribution in [0.25, 0.3) is 149 Å². The lowest BCUT2D eigenvalue weighted by molar-refractivity contribution is 0.426. The minimum atomic E-state index is -1.39. The van der Waals surface area contributed by atoms with Gasteiger partial charge in [-0.3, -0.25) is 0 Å². The number of aromatic nitrogens is 3. The quantitative estimate of drug-likeness (QED) is 0.149. The van der Waals surface area contributed by atoms with E-state index in [9.17, 15) is 0 Å². The van der Waals surface area contributed by atoms with Crippen molar-refractivity contribution in [1.82, 2.24) is 13.7 Å². The summed E-state index contributed by atoms with van der Waals surface area (Å²) in [6.07, 6.45) is 3.01. The van der Waals surface area contributed by atoms with Crippen LogP contribution in [0, 0.1) is 0 Å². The fraction of sp³-hybridized carbons (Fsp3) is 0.0339. The smallest absolute Gasteiger partial charge is 0.423 e. The van der Waals surface area contributed by atoms with Gasteiger partial charge in [0.2, 0.25) is 0 Å². The number of fused-ring (bicyclic) bond motifs is 21. The number of hydrogen-bond donors (Lipinski definition) is 2. The number of hydrogen-bond acceptors (Lipinski definition) is 2. The monoisotopic (exact) mass is 1740 g/mol. The van der Waals surface area contributed by atoms with E-state index in [1.807, 2.05) is 30.3 Å². The fourth-order valence-electron chi connectivity index (χ4n) is 20.1. The van der Waals surface area contributed by atoms with Gasteiger partial charge in [-0.05, 0) is 268 Å². The van der Waals surface area contributed by atoms with Crippen LogP contribution in [0.1, 0.15) is 55.6 Å². The average Bonchev–Trinajstić information content (AvgIpc) is 1.53. The van der Waals surface area contributed by atoms with E-state index >= 15 is 0 Å². The summed E-state index contributed by atoms with van der Waals surface area (Å²) in [7, 11) is -1.39. The molecule has 0 unspecified atom stereocenters. The molecule has 598 valence electrons. The second kappa shape index (κ2) is 33.0. The molecule has 0 saturated carbocycles. The van der Waals surface area contributed by atoms with Gasteiger partial charge in [0.15, 0.2) is 0 Å². The van der Waals surface area contributed by atoms with E-state index < -0.39 is 7.12 Å². The van der Waals surface area contributed by atoms with Crippen LogP contribution >= 0.6 is 31.9 Å². The maximum atomic E-state index is 9.16. The van der Waals surface area contributed by atoms with Crippen molar-refractivity contribution in [1.29, 1.82) is 0 Å². The SMILES string of the molecule is Brc1ccc2c(c1)C(c1ccccc1)(c1ccccc1)c1ccccc1-2.Brc1ccc2c(c1)c1ccccc1n2-c1ccccc1.OB(O)c1ccc2c(c1)-c1ccccc1C2.c1ccc(-n2c3ccccc3c3cc(-c4ccc5c(c4)-c4ccccc4C5)ccc32)cc1.c1ccc(-n2c3ccccc3c3cc(-c4ccc5c(c4)-c4ccccc4C5)ccc32)cc1. The van der Waals surface area contributed by atoms with Crippen molar-refractivity contribution in [3.8, 4) is 83.8 Å². The number of para-hydroxylation sites is 6. The molecule has 2 N–H and O–H groups in total. The lowest BCUT2D eigenvalue weighted by Gasteiger charge is -2.33. The summed E-state index contributed by atoms with van der Waals surface area (Å²) >= 11 is 7.28. The molecule has 0 amide bonds. The zero-order chi connectivity index (χ0) is 84.4. The summed E-state index contributed by atoms with van der Waals surface area (Å²) in [6.45, 7) is 0. The Hall–Kier alpha value is -14.5. The lowest BCUT2D eigenvalue weighted by Crippen LogP contribution is -2.29. The van der Waals surface area contributed by atoms with E-state index in [4.69, 9.17) is 10.0 Å². The standard InChI is InChI=1S/2C31H21N.C25H17Br.C18H12BrN.C13H11BO2/c2*1-2-9-25(10-3-1)32-30-13-7-6-12-27(30)29-20-22(16-17-31(29)32)21-14-15-24-18-23-8-4-5-11-26(23)28(24)19-21;26-20-15-16-22-21-13-7-8-14-23(21)25(24(22)17-20,18-9-3-1-4-10-18)19-11-5-2-6-12-19;19-13-10-11-18-16(12-13)15-8-4-5-9-17(15)20(18)14-6-2-1-3-7-14;15-14(16)11-6-5-10-7-9-3-1-2-4-12(9)13(10)8-11/h2*1-17,19-20H,18H2;1-17H;1-12H;1-6,8,15-16H,7H2. The summed E-state index contributed by atoms with van der Waals surface area (Å²) in [5.41, 5.74) is 40.4. The molecule has 0 spiro atoms. The molecule has 0 radical (unpaired) electrons. The minimum Gasteiger partial charge on any atom is -0.423 e. The first-order valence-electron chi connectivity index (χ1n) is 43.1. The first kappa shape index (κ1) is 77.6. The van der Waals surface area contributed by atoms with Gasteiger partial charge in [-0.25, -0.2) is 0 Å². The molecule has 3 heterocycles. The second-order valence-electron chi connectivity index (χ2n) is 32.9. The highest BCUT2D eigenvalue weighted by molar-refractivity contribution is 9.10. The summed E-state index contributed by atoms with van der Waals surface area (Å²) in [5, 5.41) is 26.0. The Bertz CT molecular complexity index is 7640. The van der Waals surface area contributed by atoms with Crippen LogP contribution in [0.5, 0.6) is 0 Å². The second-order valence-corrected chi connectivity index (χ2v) is 34.8. The molecule has 4 aliphatic rings. The predicted octanol–water partition coefficient (Wildman–Crippen LogP) is 29.3. The Balaban J connectivity index is 0.0000000952. The van der Waals surface area contributed by atoms with Crippen molar-refractivity contribution in [2.75, 3.05) is 0 Å². The number of halogens is 2. The summed E-state index contributed by atoms with van der Waals surface area (Å²) < 4.78 is 9.28. The first-order chi connectivity index (χ1) is 62.1. The van der Waals surface area contributed by atoms with Crippen LogP contribution in [0.3, 0.4) is 0 Å². The van der Waals surface area contributed by atoms with Crippen LogP contribution in [-0.4, -0.2) is 30.9 Å². The van der Waals surface area contributed by atoms with E-state index in [2.05, 4.69) is 458 Å². The van der Waals surface area contributed by atoms with Crippen molar-refractivity contribution in [3.05, 3.63) is 513 Å². The molecule has 0 bridgehead atoms. The summed E-state index contributed by atoms with van der Waals surface area (Å²) in [5.74, 6) is 0. The topological polar surface area (TPSA) is 55.2 Å². The predicted molar refractivity (Wildman–Crippen MR) is 533 cm³/mol. The van der Waals surface area contributed by atoms with Crippen molar-refractivity contribution >= 4 is 110 Å². The number of rotatable bonds is 8. The van der Waals surface area contributed by atoms with Gasteiger partial charge in [0.05, 0.1) is 38.5 Å². The largest absolute Gasteiger partial charge is 0.488 e. The summed E-state index contributed by atoms with van der Waals surface area (Å²) in [6, 6.07) is 161. The van der Waals surface area contributed by atoms with Crippen molar-refractivity contribution in [3.63, 3.8) is 0 Å². The Morgan fingerprint density at radius 2 is 0.516 bits per heavy atom. The molecule has 5 nitrogen and oxygen atoms in total. The Morgan fingerprint density at radius 1 is 0.214 bits per heavy atom. The third-order valence-electron chi connectivity index (χ3n) is 25.8. The van der Waals surface area contributed by atoms with Gasteiger partial charge in [-0.1, -0.05) is 359 Å². The molecular formula is C118H82BBr2N3O2. The highest BCUT2D eigenvalue weighted by Gasteiger charge is 2.46. The maximum Gasteiger partial charge on any atom is 0.488 e. The van der Waals surface area contributed by atoms with Gasteiger partial charge in [0, 0.05) is 58.3 Å². The highest BCUT2D eigenvalue weighted by atomic mass is 79.9. The number of benzene rings is 19. The molecule has 3 aromatic heterocycles. The van der Waals surface area contributed by atoms with Crippen molar-refractivity contribution in [2.45, 2.75) is 24.7 Å². The lowest BCUT2D eigenvalue weighted by atomic mass is 9.68. The van der Waals surface area contributed by atoms with Gasteiger partial charge in [-0.2, -0.15) is 0 Å². The Kier molecular flexibility index (Phi) is 20.3. The third kappa shape index (κ3) is 13.8. The van der Waals surface area contributed by atoms with Crippen LogP contribution in [0.4, 0.5) is 0 Å². The third-order valence-corrected chi connectivity index (χ3v) is 26.8. The molecule has 126 heavy (non-hydrogen) atoms.